The van der Waals surface area contributed by atoms with Gasteiger partial charge in [0, 0.05) is 31.5 Å². The summed E-state index contributed by atoms with van der Waals surface area (Å²) in [4.78, 5) is 1.43. The van der Waals surface area contributed by atoms with Crippen molar-refractivity contribution in [3.05, 3.63) is 114 Å². The van der Waals surface area contributed by atoms with Gasteiger partial charge in [0.15, 0.2) is 0 Å². The average Bonchev–Trinajstić information content (AvgIpc) is 3.50. The fraction of sp³-hybridized carbons (Fsp3) is 0.0909. The molecular formula is C33H23NS. The number of thiophene rings is 1. The van der Waals surface area contributed by atoms with E-state index < -0.39 is 0 Å². The Morgan fingerprint density at radius 1 is 0.629 bits per heavy atom. The van der Waals surface area contributed by atoms with Gasteiger partial charge in [0.25, 0.3) is 0 Å². The summed E-state index contributed by atoms with van der Waals surface area (Å²) in [5.41, 5.74) is 8.05. The maximum Gasteiger partial charge on any atom is 0.0547 e. The summed E-state index contributed by atoms with van der Waals surface area (Å²) in [7, 11) is 0. The molecule has 1 aliphatic rings. The van der Waals surface area contributed by atoms with Crippen molar-refractivity contribution in [2.24, 2.45) is 0 Å². The number of benzene rings is 5. The van der Waals surface area contributed by atoms with E-state index in [2.05, 4.69) is 122 Å². The largest absolute Gasteiger partial charge is 0.309 e. The molecule has 166 valence electrons. The third-order valence-corrected chi connectivity index (χ3v) is 9.15. The summed E-state index contributed by atoms with van der Waals surface area (Å²) in [6, 6.07) is 38.1. The lowest BCUT2D eigenvalue weighted by Gasteiger charge is -2.22. The molecule has 0 saturated carbocycles. The lowest BCUT2D eigenvalue weighted by atomic mass is 9.81. The molecule has 35 heavy (non-hydrogen) atoms. The van der Waals surface area contributed by atoms with Crippen molar-refractivity contribution >= 4 is 54.0 Å². The van der Waals surface area contributed by atoms with E-state index in [-0.39, 0.29) is 5.41 Å². The summed E-state index contributed by atoms with van der Waals surface area (Å²) in [5.74, 6) is 0. The highest BCUT2D eigenvalue weighted by Crippen LogP contribution is 2.56. The van der Waals surface area contributed by atoms with Crippen LogP contribution in [0.4, 0.5) is 0 Å². The zero-order valence-electron chi connectivity index (χ0n) is 19.7. The van der Waals surface area contributed by atoms with Crippen molar-refractivity contribution < 1.29 is 0 Å². The Hall–Kier alpha value is -3.88. The number of hydrogen-bond acceptors (Lipinski definition) is 1. The SMILES string of the molecule is CC1(C)c2cc3c4ccccc4n(-c4ccc5ccccc5c4)c3cc2-c2sc3ccccc3c21. The van der Waals surface area contributed by atoms with Crippen molar-refractivity contribution in [3.63, 3.8) is 0 Å². The summed E-state index contributed by atoms with van der Waals surface area (Å²) >= 11 is 1.94. The fourth-order valence-corrected chi connectivity index (χ4v) is 7.70. The lowest BCUT2D eigenvalue weighted by Crippen LogP contribution is -2.14. The second-order valence-electron chi connectivity index (χ2n) is 10.2. The van der Waals surface area contributed by atoms with Crippen LogP contribution >= 0.6 is 11.3 Å². The normalized spacial score (nSPS) is 14.2. The first-order valence-corrected chi connectivity index (χ1v) is 13.0. The van der Waals surface area contributed by atoms with Crippen LogP contribution in [0.15, 0.2) is 103 Å². The van der Waals surface area contributed by atoms with Crippen LogP contribution in [0.5, 0.6) is 0 Å². The Morgan fingerprint density at radius 3 is 2.26 bits per heavy atom. The summed E-state index contributed by atoms with van der Waals surface area (Å²) in [5, 5.41) is 6.59. The number of aromatic nitrogens is 1. The molecule has 0 saturated heterocycles. The molecule has 8 rings (SSSR count). The number of nitrogens with zero attached hydrogens (tertiary/aromatic N) is 1. The molecule has 5 aromatic carbocycles. The lowest BCUT2D eigenvalue weighted by molar-refractivity contribution is 0.668. The van der Waals surface area contributed by atoms with Crippen LogP contribution in [0.25, 0.3) is 58.8 Å². The smallest absolute Gasteiger partial charge is 0.0547 e. The Kier molecular flexibility index (Phi) is 3.67. The van der Waals surface area contributed by atoms with E-state index in [9.17, 15) is 0 Å². The van der Waals surface area contributed by atoms with Crippen LogP contribution in [-0.4, -0.2) is 4.57 Å². The van der Waals surface area contributed by atoms with Gasteiger partial charge < -0.3 is 4.57 Å². The molecular weight excluding hydrogens is 442 g/mol. The average molecular weight is 466 g/mol. The van der Waals surface area contributed by atoms with Gasteiger partial charge in [-0.25, -0.2) is 0 Å². The van der Waals surface area contributed by atoms with E-state index in [0.717, 1.165) is 0 Å². The number of para-hydroxylation sites is 1. The standard InChI is InChI=1S/C33H23NS/c1-33(2)27-18-25-23-11-5-7-13-28(23)34(22-16-15-20-9-3-4-10-21(20)17-22)29(25)19-26(27)32-31(33)24-12-6-8-14-30(24)35-32/h3-19H,1-2H3. The maximum absolute atomic E-state index is 2.48. The quantitative estimate of drug-likeness (QED) is 0.227. The van der Waals surface area contributed by atoms with Crippen molar-refractivity contribution in [2.45, 2.75) is 19.3 Å². The molecule has 2 heterocycles. The molecule has 0 amide bonds. The number of hydrogen-bond donors (Lipinski definition) is 0. The van der Waals surface area contributed by atoms with Gasteiger partial charge in [-0.3, -0.25) is 0 Å². The monoisotopic (exact) mass is 465 g/mol. The van der Waals surface area contributed by atoms with E-state index in [1.165, 1.54) is 69.9 Å². The van der Waals surface area contributed by atoms with Crippen molar-refractivity contribution in [2.75, 3.05) is 0 Å². The molecule has 1 nitrogen and oxygen atoms in total. The zero-order chi connectivity index (χ0) is 23.3. The third kappa shape index (κ3) is 2.47. The molecule has 2 heteroatoms. The Labute approximate surface area is 207 Å². The zero-order valence-corrected chi connectivity index (χ0v) is 20.5. The highest BCUT2D eigenvalue weighted by atomic mass is 32.1. The van der Waals surface area contributed by atoms with E-state index in [1.54, 1.807) is 0 Å². The maximum atomic E-state index is 2.48. The first kappa shape index (κ1) is 19.4. The van der Waals surface area contributed by atoms with Gasteiger partial charge in [-0.1, -0.05) is 80.6 Å². The number of rotatable bonds is 1. The molecule has 0 fully saturated rings. The van der Waals surface area contributed by atoms with Crippen LogP contribution in [0.2, 0.25) is 0 Å². The second-order valence-corrected chi connectivity index (χ2v) is 11.3. The predicted molar refractivity (Wildman–Crippen MR) is 151 cm³/mol. The van der Waals surface area contributed by atoms with Crippen molar-refractivity contribution in [1.82, 2.24) is 4.57 Å². The van der Waals surface area contributed by atoms with Crippen LogP contribution in [0.1, 0.15) is 25.0 Å². The molecule has 0 aliphatic heterocycles. The summed E-state index contributed by atoms with van der Waals surface area (Å²) in [6.45, 7) is 4.79. The molecule has 1 aliphatic carbocycles. The Morgan fingerprint density at radius 2 is 1.37 bits per heavy atom. The minimum absolute atomic E-state index is 0.0232. The van der Waals surface area contributed by atoms with Crippen LogP contribution in [0, 0.1) is 0 Å². The van der Waals surface area contributed by atoms with E-state index in [1.807, 2.05) is 11.3 Å². The molecule has 2 aromatic heterocycles. The highest BCUT2D eigenvalue weighted by Gasteiger charge is 2.39. The van der Waals surface area contributed by atoms with Crippen LogP contribution in [-0.2, 0) is 5.41 Å². The molecule has 0 atom stereocenters. The summed E-state index contributed by atoms with van der Waals surface area (Å²) in [6.07, 6.45) is 0. The molecule has 0 bridgehead atoms. The van der Waals surface area contributed by atoms with Crippen LogP contribution in [0.3, 0.4) is 0 Å². The van der Waals surface area contributed by atoms with Crippen molar-refractivity contribution in [1.29, 1.82) is 0 Å². The van der Waals surface area contributed by atoms with Gasteiger partial charge >= 0.3 is 0 Å². The highest BCUT2D eigenvalue weighted by molar-refractivity contribution is 7.22. The first-order valence-electron chi connectivity index (χ1n) is 12.2. The third-order valence-electron chi connectivity index (χ3n) is 7.94. The van der Waals surface area contributed by atoms with Gasteiger partial charge in [-0.05, 0) is 69.2 Å². The predicted octanol–water partition coefficient (Wildman–Crippen LogP) is 9.46. The van der Waals surface area contributed by atoms with Crippen molar-refractivity contribution in [3.8, 4) is 16.1 Å². The minimum Gasteiger partial charge on any atom is -0.309 e. The van der Waals surface area contributed by atoms with Gasteiger partial charge in [-0.2, -0.15) is 0 Å². The molecule has 0 radical (unpaired) electrons. The first-order chi connectivity index (χ1) is 17.1. The van der Waals surface area contributed by atoms with Gasteiger partial charge in [0.2, 0.25) is 0 Å². The van der Waals surface area contributed by atoms with E-state index in [4.69, 9.17) is 0 Å². The summed E-state index contributed by atoms with van der Waals surface area (Å²) < 4.78 is 3.83. The fourth-order valence-electron chi connectivity index (χ4n) is 6.30. The molecule has 0 spiro atoms. The van der Waals surface area contributed by atoms with Gasteiger partial charge in [0.1, 0.15) is 0 Å². The Bertz CT molecular complexity index is 1980. The molecule has 7 aromatic rings. The van der Waals surface area contributed by atoms with Gasteiger partial charge in [-0.15, -0.1) is 11.3 Å². The second kappa shape index (κ2) is 6.62. The van der Waals surface area contributed by atoms with E-state index in [0.29, 0.717) is 0 Å². The Balaban J connectivity index is 1.50. The van der Waals surface area contributed by atoms with Crippen LogP contribution < -0.4 is 0 Å². The molecule has 0 N–H and O–H groups in total. The van der Waals surface area contributed by atoms with E-state index >= 15 is 0 Å². The topological polar surface area (TPSA) is 4.93 Å². The van der Waals surface area contributed by atoms with Gasteiger partial charge in [0.05, 0.1) is 11.0 Å². The molecule has 0 unspecified atom stereocenters. The minimum atomic E-state index is -0.0232. The number of fused-ring (bicyclic) bond motifs is 9.